The van der Waals surface area contributed by atoms with Gasteiger partial charge in [0.15, 0.2) is 5.69 Å². The van der Waals surface area contributed by atoms with Gasteiger partial charge in [-0.2, -0.15) is 0 Å². The molecule has 5 nitrogen and oxygen atoms in total. The number of carboxylic acids is 1. The first-order valence-corrected chi connectivity index (χ1v) is 5.12. The Kier molecular flexibility index (Phi) is 2.59. The van der Waals surface area contributed by atoms with Gasteiger partial charge >= 0.3 is 5.97 Å². The summed E-state index contributed by atoms with van der Waals surface area (Å²) in [6, 6.07) is 5.41. The second-order valence-electron chi connectivity index (χ2n) is 3.93. The number of aromatic nitrogens is 2. The molecule has 1 aromatic heterocycles. The van der Waals surface area contributed by atoms with Crippen LogP contribution in [-0.4, -0.2) is 21.3 Å². The van der Waals surface area contributed by atoms with Crippen molar-refractivity contribution in [2.75, 3.05) is 0 Å². The molecule has 0 amide bonds. The van der Waals surface area contributed by atoms with Gasteiger partial charge < -0.3 is 5.11 Å². The van der Waals surface area contributed by atoms with E-state index < -0.39 is 11.5 Å². The molecular weight excluding hydrogens is 220 g/mol. The first kappa shape index (κ1) is 11.2. The summed E-state index contributed by atoms with van der Waals surface area (Å²) in [5, 5.41) is 13.6. The maximum atomic E-state index is 11.6. The minimum absolute atomic E-state index is 0.113. The van der Waals surface area contributed by atoms with Crippen molar-refractivity contribution in [1.82, 2.24) is 10.2 Å². The highest BCUT2D eigenvalue weighted by Crippen LogP contribution is 2.21. The third-order valence-electron chi connectivity index (χ3n) is 2.79. The second kappa shape index (κ2) is 3.93. The maximum Gasteiger partial charge on any atom is 0.354 e. The van der Waals surface area contributed by atoms with Gasteiger partial charge in [0.1, 0.15) is 0 Å². The molecule has 0 bridgehead atoms. The summed E-state index contributed by atoms with van der Waals surface area (Å²) >= 11 is 0. The van der Waals surface area contributed by atoms with Crippen LogP contribution >= 0.6 is 0 Å². The van der Waals surface area contributed by atoms with E-state index in [1.54, 1.807) is 12.1 Å². The van der Waals surface area contributed by atoms with Gasteiger partial charge in [0.05, 0.1) is 5.56 Å². The number of aryl methyl sites for hydroxylation is 2. The van der Waals surface area contributed by atoms with Crippen LogP contribution in [0.25, 0.3) is 11.1 Å². The number of hydrogen-bond donors (Lipinski definition) is 3. The SMILES string of the molecule is Cc1ccc(-c2c(C(=O)O)[nH][nH]c2=O)cc1C. The number of hydrogen-bond acceptors (Lipinski definition) is 2. The molecule has 0 fully saturated rings. The number of H-pyrrole nitrogens is 2. The van der Waals surface area contributed by atoms with Crippen LogP contribution in [0.2, 0.25) is 0 Å². The zero-order chi connectivity index (χ0) is 12.6. The fourth-order valence-electron chi connectivity index (χ4n) is 1.69. The molecule has 2 rings (SSSR count). The Labute approximate surface area is 97.1 Å². The number of carboxylic acid groups (broad SMARTS) is 1. The van der Waals surface area contributed by atoms with E-state index in [-0.39, 0.29) is 11.3 Å². The van der Waals surface area contributed by atoms with Crippen molar-refractivity contribution in [3.05, 3.63) is 45.4 Å². The summed E-state index contributed by atoms with van der Waals surface area (Å²) in [5.41, 5.74) is 2.34. The van der Waals surface area contributed by atoms with Crippen molar-refractivity contribution in [3.8, 4) is 11.1 Å². The highest BCUT2D eigenvalue weighted by molar-refractivity contribution is 5.93. The van der Waals surface area contributed by atoms with Crippen LogP contribution in [0.1, 0.15) is 21.6 Å². The van der Waals surface area contributed by atoms with Crippen LogP contribution in [0.15, 0.2) is 23.0 Å². The molecule has 17 heavy (non-hydrogen) atoms. The molecule has 3 N–H and O–H groups in total. The summed E-state index contributed by atoms with van der Waals surface area (Å²) < 4.78 is 0. The standard InChI is InChI=1S/C12H12N2O3/c1-6-3-4-8(5-7(6)2)9-10(12(16)17)13-14-11(9)15/h3-5H,1-2H3,(H,16,17)(H2,13,14,15). The fraction of sp³-hybridized carbons (Fsp3) is 0.167. The van der Waals surface area contributed by atoms with E-state index in [1.165, 1.54) is 0 Å². The first-order chi connectivity index (χ1) is 8.00. The lowest BCUT2D eigenvalue weighted by Crippen LogP contribution is -2.05. The Morgan fingerprint density at radius 2 is 1.88 bits per heavy atom. The molecule has 0 saturated heterocycles. The Balaban J connectivity index is 2.68. The summed E-state index contributed by atoms with van der Waals surface area (Å²) in [6.45, 7) is 3.87. The molecule has 0 unspecified atom stereocenters. The van der Waals surface area contributed by atoms with Gasteiger partial charge in [-0.05, 0) is 30.5 Å². The fourth-order valence-corrected chi connectivity index (χ4v) is 1.69. The van der Waals surface area contributed by atoms with Crippen LogP contribution in [-0.2, 0) is 0 Å². The second-order valence-corrected chi connectivity index (χ2v) is 3.93. The normalized spacial score (nSPS) is 10.5. The number of aromatic carboxylic acids is 1. The number of nitrogens with one attached hydrogen (secondary N) is 2. The number of carbonyl (C=O) groups is 1. The average molecular weight is 232 g/mol. The smallest absolute Gasteiger partial charge is 0.354 e. The van der Waals surface area contributed by atoms with E-state index in [0.29, 0.717) is 5.56 Å². The van der Waals surface area contributed by atoms with Crippen LogP contribution in [0.3, 0.4) is 0 Å². The van der Waals surface area contributed by atoms with Crippen molar-refractivity contribution in [3.63, 3.8) is 0 Å². The van der Waals surface area contributed by atoms with Crippen molar-refractivity contribution in [2.24, 2.45) is 0 Å². The Hall–Kier alpha value is -2.30. The lowest BCUT2D eigenvalue weighted by atomic mass is 10.0. The molecule has 1 aromatic carbocycles. The van der Waals surface area contributed by atoms with Gasteiger partial charge in [-0.25, -0.2) is 4.79 Å². The van der Waals surface area contributed by atoms with Gasteiger partial charge in [0.2, 0.25) is 0 Å². The summed E-state index contributed by atoms with van der Waals surface area (Å²) in [6.07, 6.45) is 0. The highest BCUT2D eigenvalue weighted by atomic mass is 16.4. The largest absolute Gasteiger partial charge is 0.477 e. The third kappa shape index (κ3) is 1.87. The number of benzene rings is 1. The monoisotopic (exact) mass is 232 g/mol. The minimum Gasteiger partial charge on any atom is -0.477 e. The molecule has 0 atom stereocenters. The molecule has 0 aliphatic carbocycles. The topological polar surface area (TPSA) is 85.9 Å². The Morgan fingerprint density at radius 1 is 1.18 bits per heavy atom. The third-order valence-corrected chi connectivity index (χ3v) is 2.79. The van der Waals surface area contributed by atoms with E-state index in [9.17, 15) is 9.59 Å². The van der Waals surface area contributed by atoms with Crippen molar-refractivity contribution >= 4 is 5.97 Å². The lowest BCUT2D eigenvalue weighted by molar-refractivity contribution is 0.0691. The minimum atomic E-state index is -1.16. The van der Waals surface area contributed by atoms with E-state index in [1.807, 2.05) is 19.9 Å². The van der Waals surface area contributed by atoms with Gasteiger partial charge in [0.25, 0.3) is 5.56 Å². The number of rotatable bonds is 2. The van der Waals surface area contributed by atoms with Gasteiger partial charge in [-0.15, -0.1) is 0 Å². The summed E-state index contributed by atoms with van der Waals surface area (Å²) in [4.78, 5) is 22.6. The maximum absolute atomic E-state index is 11.6. The van der Waals surface area contributed by atoms with Crippen LogP contribution in [0.4, 0.5) is 0 Å². The van der Waals surface area contributed by atoms with E-state index in [4.69, 9.17) is 5.11 Å². The van der Waals surface area contributed by atoms with E-state index >= 15 is 0 Å². The van der Waals surface area contributed by atoms with E-state index in [2.05, 4.69) is 10.2 Å². The van der Waals surface area contributed by atoms with Crippen molar-refractivity contribution < 1.29 is 9.90 Å². The Morgan fingerprint density at radius 3 is 2.47 bits per heavy atom. The number of aromatic amines is 2. The quantitative estimate of drug-likeness (QED) is 0.736. The molecule has 88 valence electrons. The molecule has 0 spiro atoms. The van der Waals surface area contributed by atoms with Crippen molar-refractivity contribution in [2.45, 2.75) is 13.8 Å². The molecule has 1 heterocycles. The van der Waals surface area contributed by atoms with Crippen molar-refractivity contribution in [1.29, 1.82) is 0 Å². The van der Waals surface area contributed by atoms with Crippen LogP contribution in [0, 0.1) is 13.8 Å². The van der Waals surface area contributed by atoms with Crippen LogP contribution in [0.5, 0.6) is 0 Å². The zero-order valence-electron chi connectivity index (χ0n) is 9.50. The molecule has 5 heteroatoms. The first-order valence-electron chi connectivity index (χ1n) is 5.12. The highest BCUT2D eigenvalue weighted by Gasteiger charge is 2.17. The molecule has 2 aromatic rings. The molecular formula is C12H12N2O3. The predicted molar refractivity (Wildman–Crippen MR) is 63.3 cm³/mol. The molecule has 0 radical (unpaired) electrons. The summed E-state index contributed by atoms with van der Waals surface area (Å²) in [5.74, 6) is -1.16. The molecule has 0 aliphatic heterocycles. The van der Waals surface area contributed by atoms with Gasteiger partial charge in [0, 0.05) is 0 Å². The summed E-state index contributed by atoms with van der Waals surface area (Å²) in [7, 11) is 0. The molecule has 0 saturated carbocycles. The zero-order valence-corrected chi connectivity index (χ0v) is 9.50. The molecule has 0 aliphatic rings. The Bertz CT molecular complexity index is 637. The van der Waals surface area contributed by atoms with Gasteiger partial charge in [-0.1, -0.05) is 18.2 Å². The average Bonchev–Trinajstić information content (AvgIpc) is 2.64. The van der Waals surface area contributed by atoms with Crippen LogP contribution < -0.4 is 5.56 Å². The van der Waals surface area contributed by atoms with Gasteiger partial charge in [-0.3, -0.25) is 15.0 Å². The predicted octanol–water partition coefficient (Wildman–Crippen LogP) is 1.69. The van der Waals surface area contributed by atoms with E-state index in [0.717, 1.165) is 11.1 Å². The lowest BCUT2D eigenvalue weighted by Gasteiger charge is -2.03.